The first-order valence-corrected chi connectivity index (χ1v) is 6.41. The van der Waals surface area contributed by atoms with Crippen molar-refractivity contribution in [3.63, 3.8) is 0 Å². The molecule has 0 atom stereocenters. The summed E-state index contributed by atoms with van der Waals surface area (Å²) in [6.07, 6.45) is 0. The summed E-state index contributed by atoms with van der Waals surface area (Å²) >= 11 is 0. The van der Waals surface area contributed by atoms with Crippen LogP contribution in [0.5, 0.6) is 0 Å². The molecule has 1 aromatic heterocycles. The highest BCUT2D eigenvalue weighted by molar-refractivity contribution is 5.67. The van der Waals surface area contributed by atoms with Gasteiger partial charge in [0.2, 0.25) is 0 Å². The van der Waals surface area contributed by atoms with Gasteiger partial charge in [-0.2, -0.15) is 5.26 Å². The van der Waals surface area contributed by atoms with E-state index in [0.29, 0.717) is 0 Å². The number of H-pyrrole nitrogens is 1. The van der Waals surface area contributed by atoms with Gasteiger partial charge in [-0.3, -0.25) is 0 Å². The van der Waals surface area contributed by atoms with E-state index in [0.717, 1.165) is 22.8 Å². The summed E-state index contributed by atoms with van der Waals surface area (Å²) in [5, 5.41) is 9.21. The van der Waals surface area contributed by atoms with Crippen LogP contribution in [0.3, 0.4) is 0 Å². The number of aryl methyl sites for hydroxylation is 3. The van der Waals surface area contributed by atoms with Crippen LogP contribution in [-0.4, -0.2) is 9.97 Å². The van der Waals surface area contributed by atoms with E-state index < -0.39 is 5.41 Å². The summed E-state index contributed by atoms with van der Waals surface area (Å²) in [6.45, 7) is 9.90. The predicted molar refractivity (Wildman–Crippen MR) is 76.9 cm³/mol. The minimum Gasteiger partial charge on any atom is -0.344 e. The van der Waals surface area contributed by atoms with Crippen LogP contribution >= 0.6 is 0 Å². The molecule has 0 unspecified atom stereocenters. The third-order valence-corrected chi connectivity index (χ3v) is 3.40. The summed E-state index contributed by atoms with van der Waals surface area (Å²) < 4.78 is 0. The van der Waals surface area contributed by atoms with Gasteiger partial charge in [-0.25, -0.2) is 4.98 Å². The van der Waals surface area contributed by atoms with Crippen LogP contribution in [0.4, 0.5) is 0 Å². The number of hydrogen-bond donors (Lipinski definition) is 1. The van der Waals surface area contributed by atoms with Crippen LogP contribution in [0, 0.1) is 32.1 Å². The largest absolute Gasteiger partial charge is 0.344 e. The second-order valence-corrected chi connectivity index (χ2v) is 5.61. The smallest absolute Gasteiger partial charge is 0.126 e. The Morgan fingerprint density at radius 3 is 2.53 bits per heavy atom. The first-order chi connectivity index (χ1) is 8.85. The molecule has 3 heteroatoms. The fourth-order valence-electron chi connectivity index (χ4n) is 2.06. The highest BCUT2D eigenvalue weighted by Crippen LogP contribution is 2.29. The fraction of sp³-hybridized carbons (Fsp3) is 0.375. The van der Waals surface area contributed by atoms with Gasteiger partial charge in [-0.15, -0.1) is 0 Å². The van der Waals surface area contributed by atoms with Crippen molar-refractivity contribution in [2.75, 3.05) is 0 Å². The van der Waals surface area contributed by atoms with Gasteiger partial charge in [-0.05, 0) is 46.2 Å². The van der Waals surface area contributed by atoms with Crippen molar-refractivity contribution >= 4 is 0 Å². The van der Waals surface area contributed by atoms with E-state index in [1.165, 1.54) is 11.1 Å². The standard InChI is InChI=1S/C16H19N3/c1-10-6-7-11(2)13(8-10)14-12(3)18-15(19-14)16(4,5)9-17/h6-8H,1-5H3,(H,18,19). The third kappa shape index (κ3) is 2.39. The zero-order valence-corrected chi connectivity index (χ0v) is 12.1. The number of imidazole rings is 1. The Balaban J connectivity index is 2.59. The normalized spacial score (nSPS) is 11.4. The molecule has 0 aliphatic rings. The molecule has 0 saturated heterocycles. The molecule has 3 nitrogen and oxygen atoms in total. The summed E-state index contributed by atoms with van der Waals surface area (Å²) in [6, 6.07) is 8.63. The van der Waals surface area contributed by atoms with Crippen molar-refractivity contribution in [3.05, 3.63) is 40.8 Å². The monoisotopic (exact) mass is 253 g/mol. The van der Waals surface area contributed by atoms with Gasteiger partial charge in [0.1, 0.15) is 11.2 Å². The molecule has 2 aromatic rings. The third-order valence-electron chi connectivity index (χ3n) is 3.40. The van der Waals surface area contributed by atoms with Gasteiger partial charge in [0, 0.05) is 11.3 Å². The van der Waals surface area contributed by atoms with Crippen LogP contribution in [0.25, 0.3) is 11.3 Å². The van der Waals surface area contributed by atoms with E-state index in [-0.39, 0.29) is 0 Å². The van der Waals surface area contributed by atoms with Crippen LogP contribution < -0.4 is 0 Å². The molecule has 0 spiro atoms. The van der Waals surface area contributed by atoms with E-state index in [2.05, 4.69) is 48.1 Å². The zero-order valence-electron chi connectivity index (χ0n) is 12.1. The molecular formula is C16H19N3. The van der Waals surface area contributed by atoms with E-state index in [1.54, 1.807) is 0 Å². The molecular weight excluding hydrogens is 234 g/mol. The topological polar surface area (TPSA) is 52.5 Å². The van der Waals surface area contributed by atoms with Crippen LogP contribution in [0.1, 0.15) is 36.5 Å². The highest BCUT2D eigenvalue weighted by atomic mass is 15.0. The van der Waals surface area contributed by atoms with Crippen LogP contribution in [-0.2, 0) is 5.41 Å². The van der Waals surface area contributed by atoms with Gasteiger partial charge in [-0.1, -0.05) is 17.7 Å². The second kappa shape index (κ2) is 4.55. The number of hydrogen-bond acceptors (Lipinski definition) is 2. The first-order valence-electron chi connectivity index (χ1n) is 6.41. The Morgan fingerprint density at radius 2 is 1.89 bits per heavy atom. The number of aromatic amines is 1. The van der Waals surface area contributed by atoms with Crippen molar-refractivity contribution in [1.82, 2.24) is 9.97 Å². The number of aromatic nitrogens is 2. The van der Waals surface area contributed by atoms with E-state index in [9.17, 15) is 5.26 Å². The van der Waals surface area contributed by atoms with Crippen LogP contribution in [0.2, 0.25) is 0 Å². The number of benzene rings is 1. The van der Waals surface area contributed by atoms with Crippen LogP contribution in [0.15, 0.2) is 18.2 Å². The molecule has 1 aromatic carbocycles. The maximum Gasteiger partial charge on any atom is 0.126 e. The van der Waals surface area contributed by atoms with Crippen molar-refractivity contribution < 1.29 is 0 Å². The molecule has 0 bridgehead atoms. The Kier molecular flexibility index (Phi) is 3.20. The second-order valence-electron chi connectivity index (χ2n) is 5.61. The Bertz CT molecular complexity index is 657. The van der Waals surface area contributed by atoms with Crippen molar-refractivity contribution in [3.8, 4) is 17.3 Å². The number of nitrogens with zero attached hydrogens (tertiary/aromatic N) is 2. The van der Waals surface area contributed by atoms with Gasteiger partial charge in [0.15, 0.2) is 0 Å². The Labute approximate surface area is 114 Å². The predicted octanol–water partition coefficient (Wildman–Crippen LogP) is 3.80. The lowest BCUT2D eigenvalue weighted by atomic mass is 9.95. The molecule has 1 N–H and O–H groups in total. The SMILES string of the molecule is Cc1ccc(C)c(-c2nc(C(C)(C)C#N)[nH]c2C)c1. The number of rotatable bonds is 2. The summed E-state index contributed by atoms with van der Waals surface area (Å²) in [5.41, 5.74) is 4.90. The minimum absolute atomic E-state index is 0.596. The average molecular weight is 253 g/mol. The van der Waals surface area contributed by atoms with Crippen molar-refractivity contribution in [2.24, 2.45) is 0 Å². The first kappa shape index (κ1) is 13.4. The molecule has 0 aliphatic heterocycles. The zero-order chi connectivity index (χ0) is 14.2. The van der Waals surface area contributed by atoms with Crippen molar-refractivity contribution in [2.45, 2.75) is 40.0 Å². The van der Waals surface area contributed by atoms with Gasteiger partial charge in [0.05, 0.1) is 11.8 Å². The lowest BCUT2D eigenvalue weighted by Crippen LogP contribution is -2.15. The maximum atomic E-state index is 9.21. The summed E-state index contributed by atoms with van der Waals surface area (Å²) in [7, 11) is 0. The summed E-state index contributed by atoms with van der Waals surface area (Å²) in [4.78, 5) is 7.89. The van der Waals surface area contributed by atoms with Gasteiger partial charge >= 0.3 is 0 Å². The van der Waals surface area contributed by atoms with E-state index in [4.69, 9.17) is 0 Å². The molecule has 0 amide bonds. The average Bonchev–Trinajstić information content (AvgIpc) is 2.75. The molecule has 0 fully saturated rings. The minimum atomic E-state index is -0.596. The number of nitriles is 1. The lowest BCUT2D eigenvalue weighted by Gasteiger charge is -2.10. The highest BCUT2D eigenvalue weighted by Gasteiger charge is 2.25. The Morgan fingerprint density at radius 1 is 1.21 bits per heavy atom. The summed E-state index contributed by atoms with van der Waals surface area (Å²) in [5.74, 6) is 0.725. The lowest BCUT2D eigenvalue weighted by molar-refractivity contribution is 0.638. The molecule has 0 radical (unpaired) electrons. The Hall–Kier alpha value is -2.08. The number of nitrogens with one attached hydrogen (secondary N) is 1. The molecule has 0 saturated carbocycles. The van der Waals surface area contributed by atoms with Gasteiger partial charge < -0.3 is 4.98 Å². The fourth-order valence-corrected chi connectivity index (χ4v) is 2.06. The maximum absolute atomic E-state index is 9.21. The van der Waals surface area contributed by atoms with Gasteiger partial charge in [0.25, 0.3) is 0 Å². The molecule has 19 heavy (non-hydrogen) atoms. The van der Waals surface area contributed by atoms with E-state index >= 15 is 0 Å². The van der Waals surface area contributed by atoms with E-state index in [1.807, 2.05) is 20.8 Å². The molecule has 0 aliphatic carbocycles. The van der Waals surface area contributed by atoms with Crippen molar-refractivity contribution in [1.29, 1.82) is 5.26 Å². The quantitative estimate of drug-likeness (QED) is 0.885. The molecule has 98 valence electrons. The molecule has 2 rings (SSSR count). The molecule has 1 heterocycles.